The summed E-state index contributed by atoms with van der Waals surface area (Å²) in [6, 6.07) is 18.9. The number of carbonyl (C=O) groups is 2. The van der Waals surface area contributed by atoms with Crippen molar-refractivity contribution in [2.75, 3.05) is 44.1 Å². The van der Waals surface area contributed by atoms with E-state index in [1.807, 2.05) is 71.8 Å². The van der Waals surface area contributed by atoms with Gasteiger partial charge in [0.15, 0.2) is 0 Å². The van der Waals surface area contributed by atoms with Crippen LogP contribution in [0.3, 0.4) is 0 Å². The topological polar surface area (TPSA) is 113 Å². The van der Waals surface area contributed by atoms with E-state index >= 15 is 0 Å². The maximum absolute atomic E-state index is 14.1. The predicted octanol–water partition coefficient (Wildman–Crippen LogP) is 4.56. The summed E-state index contributed by atoms with van der Waals surface area (Å²) in [5, 5.41) is 10.4. The Balaban J connectivity index is 1.18. The van der Waals surface area contributed by atoms with Crippen molar-refractivity contribution >= 4 is 23.3 Å². The van der Waals surface area contributed by atoms with E-state index in [-0.39, 0.29) is 17.2 Å². The number of hydrogen-bond donors (Lipinski definition) is 2. The lowest BCUT2D eigenvalue weighted by atomic mass is 9.74. The van der Waals surface area contributed by atoms with E-state index in [0.29, 0.717) is 51.1 Å². The van der Waals surface area contributed by atoms with Crippen LogP contribution in [0.2, 0.25) is 0 Å². The molecule has 2 fully saturated rings. The van der Waals surface area contributed by atoms with Crippen LogP contribution in [-0.4, -0.2) is 71.8 Å². The minimum absolute atomic E-state index is 0.0225. The fourth-order valence-electron chi connectivity index (χ4n) is 6.17. The molecule has 0 saturated carbocycles. The van der Waals surface area contributed by atoms with Gasteiger partial charge in [-0.25, -0.2) is 4.98 Å². The maximum atomic E-state index is 14.1. The zero-order valence-electron chi connectivity index (χ0n) is 24.5. The van der Waals surface area contributed by atoms with Gasteiger partial charge < -0.3 is 19.7 Å². The second kappa shape index (κ2) is 12.2. The SMILES string of the molecule is COc1ccc(CCC(=O)N2CCC3(CC2)CN(c2ccc(-c4cn[nH]c4)cn2)C(=O)C3Nc2cccc(OC)c2)cc1. The molecule has 2 saturated heterocycles. The van der Waals surface area contributed by atoms with E-state index in [2.05, 4.69) is 20.5 Å². The van der Waals surface area contributed by atoms with Crippen LogP contribution < -0.4 is 19.7 Å². The highest BCUT2D eigenvalue weighted by atomic mass is 16.5. The van der Waals surface area contributed by atoms with E-state index in [9.17, 15) is 9.59 Å². The second-order valence-electron chi connectivity index (χ2n) is 11.2. The number of methoxy groups -OCH3 is 2. The number of rotatable bonds is 9. The number of benzene rings is 2. The smallest absolute Gasteiger partial charge is 0.251 e. The zero-order chi connectivity index (χ0) is 29.8. The van der Waals surface area contributed by atoms with Crippen LogP contribution in [0.15, 0.2) is 79.3 Å². The third kappa shape index (κ3) is 5.90. The summed E-state index contributed by atoms with van der Waals surface area (Å²) >= 11 is 0. The number of nitrogens with one attached hydrogen (secondary N) is 2. The number of pyridine rings is 1. The summed E-state index contributed by atoms with van der Waals surface area (Å²) in [4.78, 5) is 35.7. The summed E-state index contributed by atoms with van der Waals surface area (Å²) < 4.78 is 10.7. The molecular formula is C33H36N6O4. The van der Waals surface area contributed by atoms with Crippen molar-refractivity contribution in [2.24, 2.45) is 5.41 Å². The van der Waals surface area contributed by atoms with Crippen molar-refractivity contribution in [1.82, 2.24) is 20.1 Å². The molecule has 222 valence electrons. The summed E-state index contributed by atoms with van der Waals surface area (Å²) in [7, 11) is 3.27. The molecule has 2 aromatic carbocycles. The van der Waals surface area contributed by atoms with Crippen LogP contribution in [-0.2, 0) is 16.0 Å². The average molecular weight is 581 g/mol. The van der Waals surface area contributed by atoms with Gasteiger partial charge in [-0.1, -0.05) is 18.2 Å². The zero-order valence-corrected chi connectivity index (χ0v) is 24.5. The van der Waals surface area contributed by atoms with Crippen molar-refractivity contribution in [3.05, 3.63) is 84.8 Å². The van der Waals surface area contributed by atoms with E-state index in [1.165, 1.54) is 0 Å². The van der Waals surface area contributed by atoms with Crippen LogP contribution in [0, 0.1) is 5.41 Å². The molecule has 6 rings (SSSR count). The number of ether oxygens (including phenoxy) is 2. The van der Waals surface area contributed by atoms with Crippen molar-refractivity contribution in [2.45, 2.75) is 31.7 Å². The summed E-state index contributed by atoms with van der Waals surface area (Å²) in [6.45, 7) is 1.73. The lowest BCUT2D eigenvalue weighted by Gasteiger charge is -2.42. The molecule has 2 aliphatic rings. The van der Waals surface area contributed by atoms with Gasteiger partial charge in [-0.05, 0) is 61.2 Å². The van der Waals surface area contributed by atoms with Crippen LogP contribution >= 0.6 is 0 Å². The molecule has 43 heavy (non-hydrogen) atoms. The number of amides is 2. The predicted molar refractivity (Wildman–Crippen MR) is 164 cm³/mol. The Labute approximate surface area is 251 Å². The first-order chi connectivity index (χ1) is 21.0. The molecule has 0 bridgehead atoms. The van der Waals surface area contributed by atoms with Gasteiger partial charge in [0.1, 0.15) is 23.4 Å². The van der Waals surface area contributed by atoms with Crippen LogP contribution in [0.1, 0.15) is 24.8 Å². The molecular weight excluding hydrogens is 544 g/mol. The molecule has 4 heterocycles. The highest BCUT2D eigenvalue weighted by Gasteiger charge is 2.54. The Morgan fingerprint density at radius 1 is 1.00 bits per heavy atom. The van der Waals surface area contributed by atoms with Gasteiger partial charge in [-0.15, -0.1) is 0 Å². The molecule has 2 aliphatic heterocycles. The van der Waals surface area contributed by atoms with Gasteiger partial charge in [0.2, 0.25) is 5.91 Å². The molecule has 0 radical (unpaired) electrons. The van der Waals surface area contributed by atoms with E-state index in [1.54, 1.807) is 31.5 Å². The quantitative estimate of drug-likeness (QED) is 0.299. The van der Waals surface area contributed by atoms with Gasteiger partial charge in [-0.2, -0.15) is 5.10 Å². The molecule has 2 aromatic heterocycles. The number of likely N-dealkylation sites (tertiary alicyclic amines) is 1. The Bertz CT molecular complexity index is 1550. The Morgan fingerprint density at radius 3 is 2.47 bits per heavy atom. The number of H-pyrrole nitrogens is 1. The molecule has 1 atom stereocenters. The van der Waals surface area contributed by atoms with Crippen molar-refractivity contribution in [3.8, 4) is 22.6 Å². The molecule has 1 unspecified atom stereocenters. The van der Waals surface area contributed by atoms with E-state index < -0.39 is 6.04 Å². The maximum Gasteiger partial charge on any atom is 0.251 e. The van der Waals surface area contributed by atoms with Gasteiger partial charge in [-0.3, -0.25) is 19.6 Å². The second-order valence-corrected chi connectivity index (χ2v) is 11.2. The molecule has 2 N–H and O–H groups in total. The number of hydrogen-bond acceptors (Lipinski definition) is 7. The molecule has 4 aromatic rings. The number of anilines is 2. The normalized spacial score (nSPS) is 17.7. The molecule has 0 aliphatic carbocycles. The summed E-state index contributed by atoms with van der Waals surface area (Å²) in [6.07, 6.45) is 7.86. The number of aryl methyl sites for hydroxylation is 1. The lowest BCUT2D eigenvalue weighted by molar-refractivity contribution is -0.133. The number of carbonyl (C=O) groups excluding carboxylic acids is 2. The largest absolute Gasteiger partial charge is 0.497 e. The lowest BCUT2D eigenvalue weighted by Crippen LogP contribution is -2.50. The molecule has 10 nitrogen and oxygen atoms in total. The van der Waals surface area contributed by atoms with Crippen molar-refractivity contribution in [3.63, 3.8) is 0 Å². The number of aromatic nitrogens is 3. The first-order valence-corrected chi connectivity index (χ1v) is 14.6. The van der Waals surface area contributed by atoms with E-state index in [0.717, 1.165) is 33.9 Å². The molecule has 10 heteroatoms. The first kappa shape index (κ1) is 28.3. The number of aromatic amines is 1. The number of nitrogens with zero attached hydrogens (tertiary/aromatic N) is 4. The van der Waals surface area contributed by atoms with Crippen molar-refractivity contribution < 1.29 is 19.1 Å². The fraction of sp³-hybridized carbons (Fsp3) is 0.333. The minimum Gasteiger partial charge on any atom is -0.497 e. The van der Waals surface area contributed by atoms with Crippen molar-refractivity contribution in [1.29, 1.82) is 0 Å². The summed E-state index contributed by atoms with van der Waals surface area (Å²) in [5.41, 5.74) is 3.42. The monoisotopic (exact) mass is 580 g/mol. The molecule has 1 spiro atoms. The van der Waals surface area contributed by atoms with Crippen LogP contribution in [0.25, 0.3) is 11.1 Å². The van der Waals surface area contributed by atoms with Gasteiger partial charge >= 0.3 is 0 Å². The average Bonchev–Trinajstić information content (AvgIpc) is 3.68. The number of piperidine rings is 1. The Kier molecular flexibility index (Phi) is 8.00. The van der Waals surface area contributed by atoms with E-state index in [4.69, 9.17) is 9.47 Å². The third-order valence-corrected chi connectivity index (χ3v) is 8.73. The Morgan fingerprint density at radius 2 is 1.79 bits per heavy atom. The standard InChI is InChI=1S/C33H36N6O4/c1-42-27-10-6-23(7-11-27)8-13-30(40)38-16-14-33(15-17-38)22-39(29-12-9-24(19-34-29)25-20-35-36-21-25)32(41)31(33)37-26-4-3-5-28(18-26)43-2/h3-7,9-12,18-21,31,37H,8,13-17,22H2,1-2H3,(H,35,36). The summed E-state index contributed by atoms with van der Waals surface area (Å²) in [5.74, 6) is 2.25. The molecule has 2 amide bonds. The van der Waals surface area contributed by atoms with Gasteiger partial charge in [0.25, 0.3) is 5.91 Å². The fourth-order valence-corrected chi connectivity index (χ4v) is 6.17. The third-order valence-electron chi connectivity index (χ3n) is 8.73. The van der Waals surface area contributed by atoms with Gasteiger partial charge in [0.05, 0.1) is 20.4 Å². The minimum atomic E-state index is -0.466. The first-order valence-electron chi connectivity index (χ1n) is 14.6. The van der Waals surface area contributed by atoms with Gasteiger partial charge in [0, 0.05) is 66.7 Å². The highest BCUT2D eigenvalue weighted by Crippen LogP contribution is 2.44. The van der Waals surface area contributed by atoms with Crippen LogP contribution in [0.5, 0.6) is 11.5 Å². The van der Waals surface area contributed by atoms with Crippen LogP contribution in [0.4, 0.5) is 11.5 Å². The Hall–Kier alpha value is -4.86. The highest BCUT2D eigenvalue weighted by molar-refractivity contribution is 6.01.